The second-order valence-corrected chi connectivity index (χ2v) is 4.67. The highest BCUT2D eigenvalue weighted by Gasteiger charge is 2.12. The average molecular weight is 236 g/mol. The lowest BCUT2D eigenvalue weighted by molar-refractivity contribution is 0.547. The Bertz CT molecular complexity index is 105. The summed E-state index contributed by atoms with van der Waals surface area (Å²) in [5.74, 6) is 0.861. The third-order valence-electron chi connectivity index (χ3n) is 1.88. The molecule has 0 bridgehead atoms. The molecule has 0 aromatic carbocycles. The van der Waals surface area contributed by atoms with E-state index in [-0.39, 0.29) is 0 Å². The van der Waals surface area contributed by atoms with Crippen molar-refractivity contribution in [3.8, 4) is 0 Å². The number of rotatable bonds is 1. The van der Waals surface area contributed by atoms with Gasteiger partial charge >= 0.3 is 0 Å². The first-order chi connectivity index (χ1) is 4.30. The molecule has 1 rings (SSSR count). The van der Waals surface area contributed by atoms with Crippen molar-refractivity contribution in [2.24, 2.45) is 5.92 Å². The molecule has 9 heavy (non-hydrogen) atoms. The minimum Gasteiger partial charge on any atom is -0.0882 e. The van der Waals surface area contributed by atoms with Gasteiger partial charge in [0.1, 0.15) is 0 Å². The Morgan fingerprint density at radius 3 is 2.78 bits per heavy atom. The normalized spacial score (nSPS) is 30.2. The standard InChI is InChI=1S/C8H13I/c1-7(9)8-5-3-2-4-6-8/h3,5,7-8H,2,4,6H2,1H3/t7-,8?/m1/s1. The van der Waals surface area contributed by atoms with Crippen LogP contribution in [0.5, 0.6) is 0 Å². The Hall–Kier alpha value is 0.470. The maximum atomic E-state index is 2.51. The van der Waals surface area contributed by atoms with Gasteiger partial charge in [-0.15, -0.1) is 0 Å². The van der Waals surface area contributed by atoms with Crippen molar-refractivity contribution in [3.63, 3.8) is 0 Å². The molecule has 0 N–H and O–H groups in total. The summed E-state index contributed by atoms with van der Waals surface area (Å²) >= 11 is 2.51. The minimum atomic E-state index is 0.819. The van der Waals surface area contributed by atoms with Gasteiger partial charge in [-0.3, -0.25) is 0 Å². The van der Waals surface area contributed by atoms with Crippen LogP contribution < -0.4 is 0 Å². The van der Waals surface area contributed by atoms with E-state index in [0.29, 0.717) is 0 Å². The van der Waals surface area contributed by atoms with Gasteiger partial charge in [-0.05, 0) is 25.2 Å². The van der Waals surface area contributed by atoms with E-state index in [0.717, 1.165) is 9.84 Å². The van der Waals surface area contributed by atoms with Crippen molar-refractivity contribution in [3.05, 3.63) is 12.2 Å². The quantitative estimate of drug-likeness (QED) is 0.372. The van der Waals surface area contributed by atoms with E-state index in [1.165, 1.54) is 19.3 Å². The van der Waals surface area contributed by atoms with Gasteiger partial charge in [0.25, 0.3) is 0 Å². The summed E-state index contributed by atoms with van der Waals surface area (Å²) in [7, 11) is 0. The molecule has 1 aliphatic rings. The van der Waals surface area contributed by atoms with E-state index in [1.54, 1.807) is 0 Å². The Morgan fingerprint density at radius 1 is 1.67 bits per heavy atom. The van der Waals surface area contributed by atoms with Crippen LogP contribution in [0.3, 0.4) is 0 Å². The summed E-state index contributed by atoms with van der Waals surface area (Å²) in [6.45, 7) is 2.29. The van der Waals surface area contributed by atoms with E-state index >= 15 is 0 Å². The highest BCUT2D eigenvalue weighted by atomic mass is 127. The van der Waals surface area contributed by atoms with Crippen LogP contribution in [0.25, 0.3) is 0 Å². The first kappa shape index (κ1) is 7.58. The highest BCUT2D eigenvalue weighted by Crippen LogP contribution is 2.24. The summed E-state index contributed by atoms with van der Waals surface area (Å²) in [6.07, 6.45) is 8.80. The lowest BCUT2D eigenvalue weighted by Gasteiger charge is -2.18. The summed E-state index contributed by atoms with van der Waals surface area (Å²) in [6, 6.07) is 0. The van der Waals surface area contributed by atoms with Crippen LogP contribution in [0, 0.1) is 5.92 Å². The van der Waals surface area contributed by atoms with Crippen molar-refractivity contribution in [2.75, 3.05) is 0 Å². The van der Waals surface area contributed by atoms with E-state index in [1.807, 2.05) is 0 Å². The van der Waals surface area contributed by atoms with Gasteiger partial charge in [0.15, 0.2) is 0 Å². The van der Waals surface area contributed by atoms with E-state index < -0.39 is 0 Å². The van der Waals surface area contributed by atoms with Crippen molar-refractivity contribution in [1.82, 2.24) is 0 Å². The molecule has 0 amide bonds. The maximum Gasteiger partial charge on any atom is 0.0144 e. The molecule has 0 saturated carbocycles. The molecule has 1 aliphatic carbocycles. The van der Waals surface area contributed by atoms with Crippen LogP contribution >= 0.6 is 22.6 Å². The first-order valence-corrected chi connectivity index (χ1v) is 4.86. The fraction of sp³-hybridized carbons (Fsp3) is 0.750. The van der Waals surface area contributed by atoms with Gasteiger partial charge < -0.3 is 0 Å². The van der Waals surface area contributed by atoms with Crippen molar-refractivity contribution in [1.29, 1.82) is 0 Å². The smallest absolute Gasteiger partial charge is 0.0144 e. The Labute approximate surface area is 70.9 Å². The first-order valence-electron chi connectivity index (χ1n) is 3.61. The molecule has 52 valence electrons. The number of hydrogen-bond donors (Lipinski definition) is 0. The SMILES string of the molecule is C[C@@H](I)C1C=CCCC1. The molecule has 0 fully saturated rings. The van der Waals surface area contributed by atoms with Crippen LogP contribution in [0.2, 0.25) is 0 Å². The van der Waals surface area contributed by atoms with Crippen LogP contribution in [-0.2, 0) is 0 Å². The molecular weight excluding hydrogens is 223 g/mol. The molecular formula is C8H13I. The fourth-order valence-corrected chi connectivity index (χ4v) is 1.82. The molecule has 1 heteroatoms. The lowest BCUT2D eigenvalue weighted by atomic mass is 9.94. The second kappa shape index (κ2) is 3.59. The summed E-state index contributed by atoms with van der Waals surface area (Å²) < 4.78 is 0.819. The Balaban J connectivity index is 2.40. The fourth-order valence-electron chi connectivity index (χ4n) is 1.22. The number of allylic oxidation sites excluding steroid dienone is 2. The predicted molar refractivity (Wildman–Crippen MR) is 50.0 cm³/mol. The molecule has 0 heterocycles. The van der Waals surface area contributed by atoms with Gasteiger partial charge in [-0.1, -0.05) is 41.7 Å². The van der Waals surface area contributed by atoms with Crippen molar-refractivity contribution in [2.45, 2.75) is 30.1 Å². The van der Waals surface area contributed by atoms with Gasteiger partial charge in [-0.25, -0.2) is 0 Å². The highest BCUT2D eigenvalue weighted by molar-refractivity contribution is 14.1. The van der Waals surface area contributed by atoms with Crippen LogP contribution in [0.4, 0.5) is 0 Å². The predicted octanol–water partition coefficient (Wildman–Crippen LogP) is 3.17. The van der Waals surface area contributed by atoms with E-state index in [4.69, 9.17) is 0 Å². The number of halogens is 1. The average Bonchev–Trinajstić information content (AvgIpc) is 1.90. The van der Waals surface area contributed by atoms with Gasteiger partial charge in [0, 0.05) is 3.92 Å². The van der Waals surface area contributed by atoms with Gasteiger partial charge in [-0.2, -0.15) is 0 Å². The zero-order valence-electron chi connectivity index (χ0n) is 5.81. The Morgan fingerprint density at radius 2 is 2.44 bits per heavy atom. The topological polar surface area (TPSA) is 0 Å². The second-order valence-electron chi connectivity index (χ2n) is 2.70. The number of alkyl halides is 1. The van der Waals surface area contributed by atoms with Crippen LogP contribution in [-0.4, -0.2) is 3.92 Å². The molecule has 2 atom stereocenters. The van der Waals surface area contributed by atoms with Crippen LogP contribution in [0.15, 0.2) is 12.2 Å². The molecule has 0 aromatic heterocycles. The lowest BCUT2D eigenvalue weighted by Crippen LogP contribution is -2.09. The monoisotopic (exact) mass is 236 g/mol. The Kier molecular flexibility index (Phi) is 3.02. The van der Waals surface area contributed by atoms with Crippen molar-refractivity contribution < 1.29 is 0 Å². The maximum absolute atomic E-state index is 2.51. The molecule has 0 spiro atoms. The summed E-state index contributed by atoms with van der Waals surface area (Å²) in [5, 5.41) is 0. The van der Waals surface area contributed by atoms with Gasteiger partial charge in [0.05, 0.1) is 0 Å². The molecule has 0 aromatic rings. The minimum absolute atomic E-state index is 0.819. The zero-order valence-corrected chi connectivity index (χ0v) is 7.97. The van der Waals surface area contributed by atoms with Crippen molar-refractivity contribution >= 4 is 22.6 Å². The molecule has 0 aliphatic heterocycles. The van der Waals surface area contributed by atoms with E-state index in [9.17, 15) is 0 Å². The third kappa shape index (κ3) is 2.28. The summed E-state index contributed by atoms with van der Waals surface area (Å²) in [4.78, 5) is 0. The van der Waals surface area contributed by atoms with E-state index in [2.05, 4.69) is 41.7 Å². The third-order valence-corrected chi connectivity index (χ3v) is 2.81. The van der Waals surface area contributed by atoms with Crippen LogP contribution in [0.1, 0.15) is 26.2 Å². The van der Waals surface area contributed by atoms with Gasteiger partial charge in [0.2, 0.25) is 0 Å². The number of hydrogen-bond acceptors (Lipinski definition) is 0. The zero-order chi connectivity index (χ0) is 6.69. The molecule has 0 nitrogen and oxygen atoms in total. The molecule has 0 saturated heterocycles. The summed E-state index contributed by atoms with van der Waals surface area (Å²) in [5.41, 5.74) is 0. The molecule has 0 radical (unpaired) electrons. The molecule has 1 unspecified atom stereocenters. The largest absolute Gasteiger partial charge is 0.0882 e.